The summed E-state index contributed by atoms with van der Waals surface area (Å²) in [6.07, 6.45) is 9.23. The number of carbonyl (C=O) groups is 1. The minimum absolute atomic E-state index is 0.154. The Morgan fingerprint density at radius 2 is 1.66 bits per heavy atom. The molecule has 2 aliphatic carbocycles. The van der Waals surface area contributed by atoms with Crippen molar-refractivity contribution in [2.24, 2.45) is 0 Å². The number of benzene rings is 1. The molecule has 3 N–H and O–H groups in total. The highest BCUT2D eigenvalue weighted by atomic mass is 32.2. The third-order valence-electron chi connectivity index (χ3n) is 5.41. The second kappa shape index (κ2) is 7.98. The number of amides is 2. The highest BCUT2D eigenvalue weighted by Crippen LogP contribution is 2.38. The Kier molecular flexibility index (Phi) is 5.40. The van der Waals surface area contributed by atoms with Crippen molar-refractivity contribution >= 4 is 27.7 Å². The number of sulfonamides is 1. The Bertz CT molecular complexity index is 1000. The fraction of sp³-hybridized carbons (Fsp3) is 0.450. The predicted octanol–water partition coefficient (Wildman–Crippen LogP) is 2.79. The Morgan fingerprint density at radius 3 is 2.24 bits per heavy atom. The summed E-state index contributed by atoms with van der Waals surface area (Å²) < 4.78 is 27.2. The average molecular weight is 416 g/mol. The molecule has 0 bridgehead atoms. The van der Waals surface area contributed by atoms with Gasteiger partial charge >= 0.3 is 6.03 Å². The molecule has 0 atom stereocenters. The summed E-state index contributed by atoms with van der Waals surface area (Å²) >= 11 is 0. The van der Waals surface area contributed by atoms with Gasteiger partial charge in [-0.1, -0.05) is 13.0 Å². The molecule has 0 fully saturated rings. The van der Waals surface area contributed by atoms with Crippen molar-refractivity contribution < 1.29 is 13.2 Å². The summed E-state index contributed by atoms with van der Waals surface area (Å²) in [5.41, 5.74) is 5.64. The molecule has 29 heavy (non-hydrogen) atoms. The first kappa shape index (κ1) is 19.6. The zero-order chi connectivity index (χ0) is 20.4. The fourth-order valence-electron chi connectivity index (χ4n) is 4.07. The number of anilines is 2. The van der Waals surface area contributed by atoms with Gasteiger partial charge in [-0.15, -0.1) is 0 Å². The summed E-state index contributed by atoms with van der Waals surface area (Å²) in [5.74, 6) is 0.352. The highest BCUT2D eigenvalue weighted by molar-refractivity contribution is 7.90. The molecule has 1 aromatic heterocycles. The zero-order valence-electron chi connectivity index (χ0n) is 16.4. The topological polar surface area (TPSA) is 113 Å². The lowest BCUT2D eigenvalue weighted by Crippen LogP contribution is -2.35. The zero-order valence-corrected chi connectivity index (χ0v) is 17.2. The third-order valence-corrected chi connectivity index (χ3v) is 6.70. The van der Waals surface area contributed by atoms with Crippen molar-refractivity contribution in [3.63, 3.8) is 0 Å². The van der Waals surface area contributed by atoms with E-state index in [1.54, 1.807) is 0 Å². The van der Waals surface area contributed by atoms with Crippen molar-refractivity contribution in [1.29, 1.82) is 0 Å². The molecular formula is C20H25N5O3S. The third kappa shape index (κ3) is 4.05. The summed E-state index contributed by atoms with van der Waals surface area (Å²) in [6, 6.07) is 1.50. The van der Waals surface area contributed by atoms with E-state index in [2.05, 4.69) is 31.4 Å². The fourth-order valence-corrected chi connectivity index (χ4v) is 4.87. The maximum Gasteiger partial charge on any atom is 0.333 e. The van der Waals surface area contributed by atoms with Gasteiger partial charge in [-0.25, -0.2) is 27.9 Å². The van der Waals surface area contributed by atoms with E-state index in [-0.39, 0.29) is 4.90 Å². The molecule has 0 saturated heterocycles. The lowest BCUT2D eigenvalue weighted by Gasteiger charge is -2.16. The van der Waals surface area contributed by atoms with Crippen LogP contribution in [0.25, 0.3) is 0 Å². The lowest BCUT2D eigenvalue weighted by atomic mass is 9.99. The van der Waals surface area contributed by atoms with Crippen molar-refractivity contribution in [3.05, 3.63) is 40.7 Å². The van der Waals surface area contributed by atoms with E-state index in [4.69, 9.17) is 0 Å². The minimum atomic E-state index is -4.06. The van der Waals surface area contributed by atoms with Crippen LogP contribution in [0.4, 0.5) is 16.4 Å². The minimum Gasteiger partial charge on any atom is -0.354 e. The summed E-state index contributed by atoms with van der Waals surface area (Å²) in [7, 11) is -4.06. The molecule has 2 amide bonds. The predicted molar refractivity (Wildman–Crippen MR) is 111 cm³/mol. The Morgan fingerprint density at radius 1 is 1.03 bits per heavy atom. The number of aromatic nitrogens is 2. The summed E-state index contributed by atoms with van der Waals surface area (Å²) in [4.78, 5) is 20.4. The molecule has 0 saturated carbocycles. The standard InChI is InChI=1S/C20H25N5O3S/c1-2-9-21-19-22-11-15(12-23-19)29(27,28)25-20(26)24-18-16-7-3-5-13(16)10-14-6-4-8-17(14)18/h10-12H,2-9H2,1H3,(H,21,22,23)(H2,24,25,26). The molecule has 0 spiro atoms. The molecule has 0 unspecified atom stereocenters. The van der Waals surface area contributed by atoms with Crippen LogP contribution >= 0.6 is 0 Å². The second-order valence-corrected chi connectivity index (χ2v) is 9.15. The van der Waals surface area contributed by atoms with Crippen LogP contribution in [-0.2, 0) is 35.7 Å². The van der Waals surface area contributed by atoms with Gasteiger partial charge in [0.25, 0.3) is 10.0 Å². The molecule has 8 nitrogen and oxygen atoms in total. The molecular weight excluding hydrogens is 390 g/mol. The van der Waals surface area contributed by atoms with Crippen molar-refractivity contribution in [3.8, 4) is 0 Å². The summed E-state index contributed by atoms with van der Waals surface area (Å²) in [5, 5.41) is 5.80. The van der Waals surface area contributed by atoms with Gasteiger partial charge in [-0.05, 0) is 67.2 Å². The number of nitrogens with zero attached hydrogens (tertiary/aromatic N) is 2. The molecule has 2 aliphatic rings. The van der Waals surface area contributed by atoms with E-state index in [9.17, 15) is 13.2 Å². The number of urea groups is 1. The molecule has 1 heterocycles. The van der Waals surface area contributed by atoms with E-state index >= 15 is 0 Å². The number of hydrogen-bond donors (Lipinski definition) is 3. The second-order valence-electron chi connectivity index (χ2n) is 7.46. The van der Waals surface area contributed by atoms with E-state index in [1.807, 2.05) is 6.92 Å². The highest BCUT2D eigenvalue weighted by Gasteiger charge is 2.26. The monoisotopic (exact) mass is 415 g/mol. The Balaban J connectivity index is 1.50. The van der Waals surface area contributed by atoms with Crippen molar-refractivity contribution in [2.75, 3.05) is 17.2 Å². The van der Waals surface area contributed by atoms with Crippen LogP contribution in [0.5, 0.6) is 0 Å². The van der Waals surface area contributed by atoms with E-state index in [1.165, 1.54) is 23.5 Å². The first-order valence-corrected chi connectivity index (χ1v) is 11.5. The number of fused-ring (bicyclic) bond motifs is 2. The smallest absolute Gasteiger partial charge is 0.333 e. The molecule has 2 aromatic rings. The number of hydrogen-bond acceptors (Lipinski definition) is 6. The van der Waals surface area contributed by atoms with Gasteiger partial charge in [-0.2, -0.15) is 0 Å². The summed E-state index contributed by atoms with van der Waals surface area (Å²) in [6.45, 7) is 2.70. The normalized spacial score (nSPS) is 14.9. The van der Waals surface area contributed by atoms with Crippen LogP contribution in [0.2, 0.25) is 0 Å². The van der Waals surface area contributed by atoms with Crippen LogP contribution in [0, 0.1) is 0 Å². The Labute approximate surface area is 170 Å². The number of carbonyl (C=O) groups excluding carboxylic acids is 1. The molecule has 0 radical (unpaired) electrons. The molecule has 0 aliphatic heterocycles. The largest absolute Gasteiger partial charge is 0.354 e. The van der Waals surface area contributed by atoms with E-state index < -0.39 is 16.1 Å². The Hall–Kier alpha value is -2.68. The van der Waals surface area contributed by atoms with Crippen LogP contribution in [0.1, 0.15) is 48.4 Å². The van der Waals surface area contributed by atoms with Gasteiger partial charge in [0.1, 0.15) is 4.90 Å². The van der Waals surface area contributed by atoms with Crippen LogP contribution in [-0.4, -0.2) is 31.0 Å². The maximum absolute atomic E-state index is 12.6. The van der Waals surface area contributed by atoms with E-state index in [0.29, 0.717) is 12.5 Å². The van der Waals surface area contributed by atoms with Gasteiger partial charge in [0.15, 0.2) is 0 Å². The quantitative estimate of drug-likeness (QED) is 0.669. The van der Waals surface area contributed by atoms with Gasteiger partial charge in [0.2, 0.25) is 5.95 Å². The van der Waals surface area contributed by atoms with Gasteiger partial charge < -0.3 is 10.6 Å². The number of nitrogens with one attached hydrogen (secondary N) is 3. The molecule has 9 heteroatoms. The van der Waals surface area contributed by atoms with Crippen LogP contribution < -0.4 is 15.4 Å². The lowest BCUT2D eigenvalue weighted by molar-refractivity contribution is 0.256. The number of aryl methyl sites for hydroxylation is 2. The first-order chi connectivity index (χ1) is 14.0. The average Bonchev–Trinajstić information content (AvgIpc) is 3.35. The molecule has 4 rings (SSSR count). The first-order valence-electron chi connectivity index (χ1n) is 10.0. The van der Waals surface area contributed by atoms with Crippen LogP contribution in [0.15, 0.2) is 23.4 Å². The van der Waals surface area contributed by atoms with Gasteiger partial charge in [0, 0.05) is 12.2 Å². The SMILES string of the molecule is CCCNc1ncc(S(=O)(=O)NC(=O)Nc2c3c(cc4c2CCC4)CCC3)cn1. The van der Waals surface area contributed by atoms with Crippen molar-refractivity contribution in [1.82, 2.24) is 14.7 Å². The number of rotatable bonds is 6. The maximum atomic E-state index is 12.6. The van der Waals surface area contributed by atoms with Crippen molar-refractivity contribution in [2.45, 2.75) is 56.8 Å². The van der Waals surface area contributed by atoms with E-state index in [0.717, 1.165) is 61.8 Å². The van der Waals surface area contributed by atoms with Gasteiger partial charge in [-0.3, -0.25) is 0 Å². The van der Waals surface area contributed by atoms with Crippen LogP contribution in [0.3, 0.4) is 0 Å². The van der Waals surface area contributed by atoms with Gasteiger partial charge in [0.05, 0.1) is 12.4 Å². The molecule has 154 valence electrons. The molecule has 1 aromatic carbocycles.